The lowest BCUT2D eigenvalue weighted by Gasteiger charge is -2.25. The van der Waals surface area contributed by atoms with Crippen LogP contribution in [0.3, 0.4) is 0 Å². The SMILES string of the molecule is O=C(Nc1nc2c(s1)CN(S(=O)(=O)C1CC1)CC2)c1ccccc1Oc1ccccc1. The summed E-state index contributed by atoms with van der Waals surface area (Å²) in [6.45, 7) is 0.770. The molecule has 5 rings (SSSR count). The molecule has 0 bridgehead atoms. The van der Waals surface area contributed by atoms with Gasteiger partial charge in [-0.15, -0.1) is 11.3 Å². The van der Waals surface area contributed by atoms with Crippen molar-refractivity contribution in [3.63, 3.8) is 0 Å². The fourth-order valence-corrected chi connectivity index (χ4v) is 6.45. The number of hydrogen-bond acceptors (Lipinski definition) is 6. The molecule has 0 saturated heterocycles. The number of anilines is 1. The molecule has 3 aromatic rings. The largest absolute Gasteiger partial charge is 0.457 e. The summed E-state index contributed by atoms with van der Waals surface area (Å²) in [4.78, 5) is 18.3. The van der Waals surface area contributed by atoms with Gasteiger partial charge in [-0.3, -0.25) is 10.1 Å². The first-order valence-electron chi connectivity index (χ1n) is 10.1. The number of nitrogens with zero attached hydrogens (tertiary/aromatic N) is 2. The smallest absolute Gasteiger partial charge is 0.261 e. The van der Waals surface area contributed by atoms with Crippen LogP contribution in [0.1, 0.15) is 33.8 Å². The molecule has 1 N–H and O–H groups in total. The first-order valence-corrected chi connectivity index (χ1v) is 12.4. The highest BCUT2D eigenvalue weighted by atomic mass is 32.2. The maximum atomic E-state index is 12.9. The molecule has 0 atom stereocenters. The van der Waals surface area contributed by atoms with Gasteiger partial charge in [0, 0.05) is 24.4 Å². The number of rotatable bonds is 6. The lowest BCUT2D eigenvalue weighted by Crippen LogP contribution is -2.37. The van der Waals surface area contributed by atoms with Gasteiger partial charge in [0.25, 0.3) is 5.91 Å². The van der Waals surface area contributed by atoms with Crippen LogP contribution < -0.4 is 10.1 Å². The Kier molecular flexibility index (Phi) is 5.25. The molecule has 2 aromatic carbocycles. The molecule has 0 unspecified atom stereocenters. The van der Waals surface area contributed by atoms with Gasteiger partial charge in [0.1, 0.15) is 11.5 Å². The number of fused-ring (bicyclic) bond motifs is 1. The second-order valence-corrected chi connectivity index (χ2v) is 10.9. The van der Waals surface area contributed by atoms with E-state index in [1.807, 2.05) is 36.4 Å². The number of carbonyl (C=O) groups is 1. The van der Waals surface area contributed by atoms with Crippen LogP contribution in [0.15, 0.2) is 54.6 Å². The van der Waals surface area contributed by atoms with E-state index in [4.69, 9.17) is 4.74 Å². The van der Waals surface area contributed by atoms with Crippen molar-refractivity contribution in [1.82, 2.24) is 9.29 Å². The van der Waals surface area contributed by atoms with Crippen LogP contribution in [0, 0.1) is 0 Å². The van der Waals surface area contributed by atoms with E-state index in [9.17, 15) is 13.2 Å². The Morgan fingerprint density at radius 3 is 2.61 bits per heavy atom. The number of para-hydroxylation sites is 2. The van der Waals surface area contributed by atoms with Gasteiger partial charge in [-0.1, -0.05) is 30.3 Å². The zero-order chi connectivity index (χ0) is 21.4. The van der Waals surface area contributed by atoms with Crippen LogP contribution in [-0.4, -0.2) is 35.4 Å². The number of benzene rings is 2. The van der Waals surface area contributed by atoms with Crippen molar-refractivity contribution in [3.05, 3.63) is 70.7 Å². The van der Waals surface area contributed by atoms with E-state index in [1.165, 1.54) is 11.3 Å². The zero-order valence-corrected chi connectivity index (χ0v) is 18.3. The predicted molar refractivity (Wildman–Crippen MR) is 119 cm³/mol. The quantitative estimate of drug-likeness (QED) is 0.606. The highest BCUT2D eigenvalue weighted by Crippen LogP contribution is 2.36. The van der Waals surface area contributed by atoms with Crippen molar-refractivity contribution in [2.75, 3.05) is 11.9 Å². The van der Waals surface area contributed by atoms with E-state index < -0.39 is 10.0 Å². The third-order valence-electron chi connectivity index (χ3n) is 5.32. The molecular formula is C22H21N3O4S2. The second-order valence-electron chi connectivity index (χ2n) is 7.58. The van der Waals surface area contributed by atoms with Crippen molar-refractivity contribution in [2.24, 2.45) is 0 Å². The van der Waals surface area contributed by atoms with Crippen molar-refractivity contribution in [2.45, 2.75) is 31.1 Å². The monoisotopic (exact) mass is 455 g/mol. The van der Waals surface area contributed by atoms with Crippen LogP contribution in [0.2, 0.25) is 0 Å². The summed E-state index contributed by atoms with van der Waals surface area (Å²) in [6, 6.07) is 16.3. The Balaban J connectivity index is 1.32. The average Bonchev–Trinajstić information content (AvgIpc) is 3.56. The Morgan fingerprint density at radius 2 is 1.84 bits per heavy atom. The predicted octanol–water partition coefficient (Wildman–Crippen LogP) is 4.04. The maximum Gasteiger partial charge on any atom is 0.261 e. The number of nitrogens with one attached hydrogen (secondary N) is 1. The van der Waals surface area contributed by atoms with E-state index in [1.54, 1.807) is 22.5 Å². The number of thiazole rings is 1. The summed E-state index contributed by atoms with van der Waals surface area (Å²) in [5, 5.41) is 3.10. The first-order chi connectivity index (χ1) is 15.0. The second kappa shape index (κ2) is 8.07. The van der Waals surface area contributed by atoms with Gasteiger partial charge in [0.2, 0.25) is 10.0 Å². The molecular weight excluding hydrogens is 434 g/mol. The lowest BCUT2D eigenvalue weighted by atomic mass is 10.2. The van der Waals surface area contributed by atoms with Gasteiger partial charge in [-0.25, -0.2) is 13.4 Å². The summed E-state index contributed by atoms with van der Waals surface area (Å²) in [5.41, 5.74) is 1.26. The van der Waals surface area contributed by atoms with Gasteiger partial charge < -0.3 is 4.74 Å². The van der Waals surface area contributed by atoms with E-state index in [0.29, 0.717) is 41.7 Å². The van der Waals surface area contributed by atoms with Crippen molar-refractivity contribution >= 4 is 32.4 Å². The lowest BCUT2D eigenvalue weighted by molar-refractivity contribution is 0.102. The third-order valence-corrected chi connectivity index (χ3v) is 8.67. The van der Waals surface area contributed by atoms with Crippen LogP contribution in [0.25, 0.3) is 0 Å². The maximum absolute atomic E-state index is 12.9. The number of amides is 1. The highest BCUT2D eigenvalue weighted by molar-refractivity contribution is 7.90. The summed E-state index contributed by atoms with van der Waals surface area (Å²) < 4.78 is 32.5. The van der Waals surface area contributed by atoms with Gasteiger partial charge >= 0.3 is 0 Å². The molecule has 1 saturated carbocycles. The summed E-state index contributed by atoms with van der Waals surface area (Å²) in [6.07, 6.45) is 2.06. The van der Waals surface area contributed by atoms with Crippen LogP contribution >= 0.6 is 11.3 Å². The van der Waals surface area contributed by atoms with Gasteiger partial charge in [-0.2, -0.15) is 4.31 Å². The molecule has 0 spiro atoms. The molecule has 9 heteroatoms. The number of sulfonamides is 1. The topological polar surface area (TPSA) is 88.6 Å². The molecule has 1 aromatic heterocycles. The van der Waals surface area contributed by atoms with E-state index in [2.05, 4.69) is 10.3 Å². The molecule has 1 aliphatic heterocycles. The number of ether oxygens (including phenoxy) is 1. The highest BCUT2D eigenvalue weighted by Gasteiger charge is 2.41. The molecule has 1 amide bonds. The van der Waals surface area contributed by atoms with Crippen molar-refractivity contribution < 1.29 is 17.9 Å². The molecule has 0 radical (unpaired) electrons. The Hall–Kier alpha value is -2.75. The summed E-state index contributed by atoms with van der Waals surface area (Å²) >= 11 is 1.33. The number of aromatic nitrogens is 1. The molecule has 2 heterocycles. The van der Waals surface area contributed by atoms with Gasteiger partial charge in [0.05, 0.1) is 16.5 Å². The summed E-state index contributed by atoms with van der Waals surface area (Å²) in [5.74, 6) is 0.777. The number of carbonyl (C=O) groups excluding carboxylic acids is 1. The van der Waals surface area contributed by atoms with Crippen LogP contribution in [0.5, 0.6) is 11.5 Å². The molecule has 1 fully saturated rings. The summed E-state index contributed by atoms with van der Waals surface area (Å²) in [7, 11) is -3.22. The first kappa shape index (κ1) is 20.2. The van der Waals surface area contributed by atoms with Gasteiger partial charge in [-0.05, 0) is 37.1 Å². The molecule has 2 aliphatic rings. The van der Waals surface area contributed by atoms with E-state index in [-0.39, 0.29) is 11.2 Å². The molecule has 7 nitrogen and oxygen atoms in total. The number of hydrogen-bond donors (Lipinski definition) is 1. The fourth-order valence-electron chi connectivity index (χ4n) is 3.54. The average molecular weight is 456 g/mol. The van der Waals surface area contributed by atoms with Crippen molar-refractivity contribution in [3.8, 4) is 11.5 Å². The van der Waals surface area contributed by atoms with Crippen molar-refractivity contribution in [1.29, 1.82) is 0 Å². The normalized spacial score (nSPS) is 16.5. The molecule has 1 aliphatic carbocycles. The Morgan fingerprint density at radius 1 is 1.10 bits per heavy atom. The van der Waals surface area contributed by atoms with E-state index >= 15 is 0 Å². The minimum absolute atomic E-state index is 0.220. The Labute approximate surface area is 184 Å². The fraction of sp³-hybridized carbons (Fsp3) is 0.273. The minimum atomic E-state index is -3.22. The molecule has 31 heavy (non-hydrogen) atoms. The minimum Gasteiger partial charge on any atom is -0.457 e. The third kappa shape index (κ3) is 4.21. The molecule has 160 valence electrons. The van der Waals surface area contributed by atoms with E-state index in [0.717, 1.165) is 23.4 Å². The van der Waals surface area contributed by atoms with Crippen LogP contribution in [-0.2, 0) is 23.0 Å². The van der Waals surface area contributed by atoms with Gasteiger partial charge in [0.15, 0.2) is 5.13 Å². The zero-order valence-electron chi connectivity index (χ0n) is 16.7. The standard InChI is InChI=1S/C22H21N3O4S2/c26-21(17-8-4-5-9-19(17)29-15-6-2-1-3-7-15)24-22-23-18-12-13-25(14-20(18)30-22)31(27,28)16-10-11-16/h1-9,16H,10-14H2,(H,23,24,26). The Bertz CT molecular complexity index is 1220. The van der Waals surface area contributed by atoms with Crippen LogP contribution in [0.4, 0.5) is 5.13 Å².